The molecule has 0 saturated carbocycles. The molecule has 9 heteroatoms. The normalized spacial score (nSPS) is 18.9. The first kappa shape index (κ1) is 15.0. The summed E-state index contributed by atoms with van der Waals surface area (Å²) < 4.78 is 0.508. The Morgan fingerprint density at radius 3 is 3.05 bits per heavy atom. The Labute approximate surface area is 127 Å². The number of carboxylic acid groups (broad SMARTS) is 1. The molecule has 1 atom stereocenters. The molecular formula is C11H12BrN3O4S. The van der Waals surface area contributed by atoms with Crippen molar-refractivity contribution in [2.24, 2.45) is 0 Å². The third-order valence-electron chi connectivity index (χ3n) is 2.93. The van der Waals surface area contributed by atoms with Crippen LogP contribution in [0.5, 0.6) is 0 Å². The van der Waals surface area contributed by atoms with E-state index in [1.54, 1.807) is 11.8 Å². The van der Waals surface area contributed by atoms with Crippen LogP contribution in [0.1, 0.15) is 6.42 Å². The van der Waals surface area contributed by atoms with E-state index in [4.69, 9.17) is 5.11 Å². The first-order chi connectivity index (χ1) is 9.49. The Kier molecular flexibility index (Phi) is 4.81. The molecule has 0 amide bonds. The van der Waals surface area contributed by atoms with Gasteiger partial charge in [-0.1, -0.05) is 0 Å². The van der Waals surface area contributed by atoms with Crippen molar-refractivity contribution >= 4 is 45.2 Å². The summed E-state index contributed by atoms with van der Waals surface area (Å²) in [4.78, 5) is 27.1. The lowest BCUT2D eigenvalue weighted by Crippen LogP contribution is -2.44. The Morgan fingerprint density at radius 1 is 1.70 bits per heavy atom. The topological polar surface area (TPSA) is 96.6 Å². The molecule has 1 unspecified atom stereocenters. The number of aromatic nitrogens is 1. The first-order valence-electron chi connectivity index (χ1n) is 5.85. The second-order valence-corrected chi connectivity index (χ2v) is 6.28. The van der Waals surface area contributed by atoms with E-state index >= 15 is 0 Å². The van der Waals surface area contributed by atoms with Crippen LogP contribution in [0.25, 0.3) is 0 Å². The fraction of sp³-hybridized carbons (Fsp3) is 0.455. The van der Waals surface area contributed by atoms with Gasteiger partial charge >= 0.3 is 5.97 Å². The van der Waals surface area contributed by atoms with Crippen LogP contribution in [0.15, 0.2) is 16.7 Å². The van der Waals surface area contributed by atoms with Gasteiger partial charge < -0.3 is 10.0 Å². The predicted molar refractivity (Wildman–Crippen MR) is 79.3 cm³/mol. The average Bonchev–Trinajstić information content (AvgIpc) is 2.39. The number of carboxylic acids is 1. The second kappa shape index (κ2) is 6.40. The number of nitrogens with zero attached hydrogens (tertiary/aromatic N) is 3. The molecular weight excluding hydrogens is 350 g/mol. The molecule has 1 aromatic heterocycles. The van der Waals surface area contributed by atoms with Gasteiger partial charge in [-0.3, -0.25) is 14.9 Å². The van der Waals surface area contributed by atoms with Crippen LogP contribution in [0, 0.1) is 10.1 Å². The molecule has 2 heterocycles. The number of nitro groups is 1. The van der Waals surface area contributed by atoms with Gasteiger partial charge in [-0.25, -0.2) is 4.98 Å². The molecule has 0 aromatic carbocycles. The minimum atomic E-state index is -0.861. The van der Waals surface area contributed by atoms with Gasteiger partial charge in [-0.2, -0.15) is 11.8 Å². The van der Waals surface area contributed by atoms with Crippen molar-refractivity contribution in [2.45, 2.75) is 12.5 Å². The molecule has 0 spiro atoms. The summed E-state index contributed by atoms with van der Waals surface area (Å²) in [5.74, 6) is 1.28. The molecule has 0 bridgehead atoms. The number of aliphatic carboxylic acids is 1. The number of thioether (sulfide) groups is 1. The molecule has 1 aromatic rings. The average molecular weight is 362 g/mol. The molecule has 1 aliphatic heterocycles. The van der Waals surface area contributed by atoms with Crippen molar-refractivity contribution in [3.05, 3.63) is 26.9 Å². The SMILES string of the molecule is O=C(O)CC1CSCCN1c1ncc([N+](=O)[O-])cc1Br. The molecule has 1 saturated heterocycles. The summed E-state index contributed by atoms with van der Waals surface area (Å²) in [7, 11) is 0. The van der Waals surface area contributed by atoms with Gasteiger partial charge in [0.05, 0.1) is 15.8 Å². The van der Waals surface area contributed by atoms with Crippen LogP contribution >= 0.6 is 27.7 Å². The van der Waals surface area contributed by atoms with E-state index in [1.165, 1.54) is 12.3 Å². The number of rotatable bonds is 4. The van der Waals surface area contributed by atoms with Crippen molar-refractivity contribution in [1.82, 2.24) is 4.98 Å². The Morgan fingerprint density at radius 2 is 2.45 bits per heavy atom. The molecule has 1 aliphatic rings. The summed E-state index contributed by atoms with van der Waals surface area (Å²) in [5, 5.41) is 19.7. The van der Waals surface area contributed by atoms with Crippen LogP contribution in [0.2, 0.25) is 0 Å². The van der Waals surface area contributed by atoms with Crippen molar-refractivity contribution in [3.63, 3.8) is 0 Å². The van der Waals surface area contributed by atoms with E-state index in [9.17, 15) is 14.9 Å². The van der Waals surface area contributed by atoms with Crippen LogP contribution < -0.4 is 4.90 Å². The number of carbonyl (C=O) groups is 1. The van der Waals surface area contributed by atoms with E-state index in [2.05, 4.69) is 20.9 Å². The Bertz CT molecular complexity index is 542. The predicted octanol–water partition coefficient (Wildman–Crippen LogP) is 2.15. The van der Waals surface area contributed by atoms with E-state index in [0.717, 1.165) is 5.75 Å². The molecule has 108 valence electrons. The zero-order chi connectivity index (χ0) is 14.7. The quantitative estimate of drug-likeness (QED) is 0.647. The lowest BCUT2D eigenvalue weighted by molar-refractivity contribution is -0.385. The van der Waals surface area contributed by atoms with E-state index in [1.807, 2.05) is 4.90 Å². The summed E-state index contributed by atoms with van der Waals surface area (Å²) in [6.45, 7) is 0.673. The van der Waals surface area contributed by atoms with Crippen LogP contribution in [0.4, 0.5) is 11.5 Å². The third-order valence-corrected chi connectivity index (χ3v) is 4.60. The minimum Gasteiger partial charge on any atom is -0.481 e. The number of hydrogen-bond donors (Lipinski definition) is 1. The highest BCUT2D eigenvalue weighted by molar-refractivity contribution is 9.10. The largest absolute Gasteiger partial charge is 0.481 e. The lowest BCUT2D eigenvalue weighted by Gasteiger charge is -2.35. The second-order valence-electron chi connectivity index (χ2n) is 4.28. The van der Waals surface area contributed by atoms with Gasteiger partial charge in [-0.15, -0.1) is 0 Å². The van der Waals surface area contributed by atoms with Gasteiger partial charge in [0.25, 0.3) is 5.69 Å². The maximum atomic E-state index is 10.9. The van der Waals surface area contributed by atoms with E-state index in [-0.39, 0.29) is 18.2 Å². The van der Waals surface area contributed by atoms with Crippen LogP contribution in [0.3, 0.4) is 0 Å². The maximum Gasteiger partial charge on any atom is 0.305 e. The third kappa shape index (κ3) is 3.40. The molecule has 1 N–H and O–H groups in total. The monoisotopic (exact) mass is 361 g/mol. The van der Waals surface area contributed by atoms with Gasteiger partial charge in [0, 0.05) is 30.2 Å². The summed E-state index contributed by atoms with van der Waals surface area (Å²) in [6.07, 6.45) is 1.22. The first-order valence-corrected chi connectivity index (χ1v) is 7.80. The minimum absolute atomic E-state index is 0.0259. The highest BCUT2D eigenvalue weighted by Gasteiger charge is 2.28. The summed E-state index contributed by atoms with van der Waals surface area (Å²) in [6, 6.07) is 1.23. The Balaban J connectivity index is 2.27. The molecule has 2 rings (SSSR count). The van der Waals surface area contributed by atoms with Crippen molar-refractivity contribution in [1.29, 1.82) is 0 Å². The molecule has 7 nitrogen and oxygen atoms in total. The summed E-state index contributed by atoms with van der Waals surface area (Å²) in [5.41, 5.74) is -0.0956. The smallest absolute Gasteiger partial charge is 0.305 e. The zero-order valence-corrected chi connectivity index (χ0v) is 12.8. The number of hydrogen-bond acceptors (Lipinski definition) is 6. The highest BCUT2D eigenvalue weighted by atomic mass is 79.9. The zero-order valence-electron chi connectivity index (χ0n) is 10.4. The summed E-state index contributed by atoms with van der Waals surface area (Å²) >= 11 is 4.98. The molecule has 1 fully saturated rings. The number of pyridine rings is 1. The standard InChI is InChI=1S/C11H12BrN3O4S/c12-9-3-7(15(18)19)5-13-11(9)14-1-2-20-6-8(14)4-10(16)17/h3,5,8H,1-2,4,6H2,(H,16,17). The van der Waals surface area contributed by atoms with E-state index in [0.29, 0.717) is 22.6 Å². The van der Waals surface area contributed by atoms with Crippen molar-refractivity contribution < 1.29 is 14.8 Å². The van der Waals surface area contributed by atoms with Gasteiger partial charge in [0.15, 0.2) is 0 Å². The molecule has 20 heavy (non-hydrogen) atoms. The number of halogens is 1. The molecule has 0 radical (unpaired) electrons. The van der Waals surface area contributed by atoms with Gasteiger partial charge in [0.2, 0.25) is 0 Å². The maximum absolute atomic E-state index is 10.9. The number of anilines is 1. The van der Waals surface area contributed by atoms with Gasteiger partial charge in [0.1, 0.15) is 12.0 Å². The fourth-order valence-corrected chi connectivity index (χ4v) is 3.66. The van der Waals surface area contributed by atoms with Crippen LogP contribution in [-0.4, -0.2) is 45.1 Å². The lowest BCUT2D eigenvalue weighted by atomic mass is 10.2. The van der Waals surface area contributed by atoms with Gasteiger partial charge in [-0.05, 0) is 15.9 Å². The highest BCUT2D eigenvalue weighted by Crippen LogP contribution is 2.32. The van der Waals surface area contributed by atoms with Crippen LogP contribution in [-0.2, 0) is 4.79 Å². The Hall–Kier alpha value is -1.35. The van der Waals surface area contributed by atoms with Crippen molar-refractivity contribution in [3.8, 4) is 0 Å². The molecule has 0 aliphatic carbocycles. The fourth-order valence-electron chi connectivity index (χ4n) is 2.04. The van der Waals surface area contributed by atoms with E-state index < -0.39 is 10.9 Å². The van der Waals surface area contributed by atoms with Crippen molar-refractivity contribution in [2.75, 3.05) is 23.0 Å².